The van der Waals surface area contributed by atoms with Crippen LogP contribution in [0.1, 0.15) is 29.8 Å². The lowest BCUT2D eigenvalue weighted by atomic mass is 9.94. The van der Waals surface area contributed by atoms with Crippen molar-refractivity contribution in [1.29, 1.82) is 0 Å². The van der Waals surface area contributed by atoms with Gasteiger partial charge in [0.25, 0.3) is 0 Å². The molecule has 1 aromatic carbocycles. The summed E-state index contributed by atoms with van der Waals surface area (Å²) in [7, 11) is 0. The molecule has 0 radical (unpaired) electrons. The summed E-state index contributed by atoms with van der Waals surface area (Å²) in [5, 5.41) is 4.49. The molecule has 0 aliphatic heterocycles. The number of aromatic nitrogens is 2. The molecule has 0 bridgehead atoms. The highest BCUT2D eigenvalue weighted by atomic mass is 79.9. The molecule has 3 nitrogen and oxygen atoms in total. The van der Waals surface area contributed by atoms with E-state index in [-0.39, 0.29) is 11.7 Å². The van der Waals surface area contributed by atoms with Gasteiger partial charge < -0.3 is 5.73 Å². The third-order valence-electron chi connectivity index (χ3n) is 3.52. The highest BCUT2D eigenvalue weighted by molar-refractivity contribution is 9.10. The van der Waals surface area contributed by atoms with Gasteiger partial charge in [-0.1, -0.05) is 12.1 Å². The summed E-state index contributed by atoms with van der Waals surface area (Å²) in [6.07, 6.45) is 0.789. The maximum atomic E-state index is 13.0. The van der Waals surface area contributed by atoms with Crippen molar-refractivity contribution < 1.29 is 4.39 Å². The van der Waals surface area contributed by atoms with Crippen LogP contribution in [-0.4, -0.2) is 16.3 Å². The fraction of sp³-hybridized carbons (Fsp3) is 0.400. The highest BCUT2D eigenvalue weighted by Crippen LogP contribution is 2.27. The molecule has 1 unspecified atom stereocenters. The van der Waals surface area contributed by atoms with Crippen LogP contribution in [0.2, 0.25) is 0 Å². The number of hydrogen-bond donors (Lipinski definition) is 1. The Labute approximate surface area is 127 Å². The van der Waals surface area contributed by atoms with Gasteiger partial charge in [-0.25, -0.2) is 4.39 Å². The second-order valence-corrected chi connectivity index (χ2v) is 5.64. The molecule has 0 spiro atoms. The molecule has 108 valence electrons. The van der Waals surface area contributed by atoms with E-state index in [1.54, 1.807) is 12.1 Å². The van der Waals surface area contributed by atoms with Crippen LogP contribution in [0.3, 0.4) is 0 Å². The molecule has 0 aliphatic rings. The number of nitrogens with zero attached hydrogens (tertiary/aromatic N) is 2. The second-order valence-electron chi connectivity index (χ2n) is 4.85. The summed E-state index contributed by atoms with van der Waals surface area (Å²) in [6, 6.07) is 6.57. The first-order chi connectivity index (χ1) is 9.56. The zero-order valence-electron chi connectivity index (χ0n) is 11.7. The minimum atomic E-state index is -0.222. The third kappa shape index (κ3) is 3.10. The van der Waals surface area contributed by atoms with Gasteiger partial charge in [0, 0.05) is 12.5 Å². The first kappa shape index (κ1) is 15.2. The number of aryl methyl sites for hydroxylation is 2. The smallest absolute Gasteiger partial charge is 0.123 e. The lowest BCUT2D eigenvalue weighted by Gasteiger charge is -2.16. The van der Waals surface area contributed by atoms with E-state index in [0.29, 0.717) is 6.54 Å². The van der Waals surface area contributed by atoms with Gasteiger partial charge in [0.1, 0.15) is 5.82 Å². The van der Waals surface area contributed by atoms with Gasteiger partial charge in [-0.05, 0) is 60.4 Å². The molecule has 2 aromatic rings. The number of rotatable bonds is 5. The summed E-state index contributed by atoms with van der Waals surface area (Å²) in [5.74, 6) is -0.0616. The van der Waals surface area contributed by atoms with E-state index in [2.05, 4.69) is 28.0 Å². The van der Waals surface area contributed by atoms with Crippen molar-refractivity contribution in [2.24, 2.45) is 5.73 Å². The van der Waals surface area contributed by atoms with Crippen molar-refractivity contribution >= 4 is 15.9 Å². The monoisotopic (exact) mass is 339 g/mol. The number of halogens is 2. The molecule has 2 rings (SSSR count). The van der Waals surface area contributed by atoms with Crippen LogP contribution in [0.5, 0.6) is 0 Å². The Morgan fingerprint density at radius 2 is 2.00 bits per heavy atom. The standard InChI is InChI=1S/C15H19BrFN3/c1-3-20-14(15(16)10(2)19-20)8-12(9-18)11-4-6-13(17)7-5-11/h4-7,12H,3,8-9,18H2,1-2H3. The van der Waals surface area contributed by atoms with E-state index < -0.39 is 0 Å². The van der Waals surface area contributed by atoms with Gasteiger partial charge in [0.2, 0.25) is 0 Å². The molecule has 0 saturated heterocycles. The fourth-order valence-corrected chi connectivity index (χ4v) is 2.82. The molecule has 0 saturated carbocycles. The molecule has 5 heteroatoms. The van der Waals surface area contributed by atoms with E-state index in [4.69, 9.17) is 5.73 Å². The Balaban J connectivity index is 2.28. The van der Waals surface area contributed by atoms with Crippen LogP contribution in [0.4, 0.5) is 4.39 Å². The zero-order chi connectivity index (χ0) is 14.7. The van der Waals surface area contributed by atoms with Crippen molar-refractivity contribution in [2.75, 3.05) is 6.54 Å². The Morgan fingerprint density at radius 1 is 1.35 bits per heavy atom. The summed E-state index contributed by atoms with van der Waals surface area (Å²) in [6.45, 7) is 5.39. The molecular weight excluding hydrogens is 321 g/mol. The Hall–Kier alpha value is -1.20. The number of nitrogens with two attached hydrogens (primary N) is 1. The van der Waals surface area contributed by atoms with Crippen LogP contribution in [0.15, 0.2) is 28.7 Å². The van der Waals surface area contributed by atoms with Crippen LogP contribution in [0, 0.1) is 12.7 Å². The van der Waals surface area contributed by atoms with E-state index in [0.717, 1.165) is 34.4 Å². The first-order valence-corrected chi connectivity index (χ1v) is 7.53. The predicted octanol–water partition coefficient (Wildman–Crippen LogP) is 3.40. The normalized spacial score (nSPS) is 12.7. The van der Waals surface area contributed by atoms with E-state index in [1.807, 2.05) is 11.6 Å². The highest BCUT2D eigenvalue weighted by Gasteiger charge is 2.18. The molecule has 20 heavy (non-hydrogen) atoms. The van der Waals surface area contributed by atoms with Crippen molar-refractivity contribution in [1.82, 2.24) is 9.78 Å². The summed E-state index contributed by atoms with van der Waals surface area (Å²) >= 11 is 3.60. The average Bonchev–Trinajstić information content (AvgIpc) is 2.73. The molecule has 0 amide bonds. The van der Waals surface area contributed by atoms with E-state index in [1.165, 1.54) is 12.1 Å². The second kappa shape index (κ2) is 6.50. The maximum absolute atomic E-state index is 13.0. The van der Waals surface area contributed by atoms with Crippen molar-refractivity contribution in [3.05, 3.63) is 51.5 Å². The predicted molar refractivity (Wildman–Crippen MR) is 82.2 cm³/mol. The van der Waals surface area contributed by atoms with Crippen LogP contribution < -0.4 is 5.73 Å². The molecule has 0 aliphatic carbocycles. The molecule has 1 aromatic heterocycles. The fourth-order valence-electron chi connectivity index (χ4n) is 2.37. The Bertz CT molecular complexity index is 578. The Kier molecular flexibility index (Phi) is 4.94. The summed E-state index contributed by atoms with van der Waals surface area (Å²) < 4.78 is 16.0. The van der Waals surface area contributed by atoms with Crippen molar-refractivity contribution in [3.8, 4) is 0 Å². The summed E-state index contributed by atoms with van der Waals surface area (Å²) in [5.41, 5.74) is 9.08. The molecule has 2 N–H and O–H groups in total. The average molecular weight is 340 g/mol. The number of hydrogen-bond acceptors (Lipinski definition) is 2. The van der Waals surface area contributed by atoms with Gasteiger partial charge in [-0.2, -0.15) is 5.10 Å². The van der Waals surface area contributed by atoms with Gasteiger partial charge in [0.05, 0.1) is 15.9 Å². The minimum absolute atomic E-state index is 0.160. The zero-order valence-corrected chi connectivity index (χ0v) is 13.3. The van der Waals surface area contributed by atoms with Crippen LogP contribution in [0.25, 0.3) is 0 Å². The van der Waals surface area contributed by atoms with E-state index >= 15 is 0 Å². The first-order valence-electron chi connectivity index (χ1n) is 6.74. The van der Waals surface area contributed by atoms with Gasteiger partial charge in [0.15, 0.2) is 0 Å². The minimum Gasteiger partial charge on any atom is -0.330 e. The molecular formula is C15H19BrFN3. The number of benzene rings is 1. The molecule has 0 fully saturated rings. The van der Waals surface area contributed by atoms with E-state index in [9.17, 15) is 4.39 Å². The largest absolute Gasteiger partial charge is 0.330 e. The van der Waals surface area contributed by atoms with Gasteiger partial charge in [-0.3, -0.25) is 4.68 Å². The molecule has 1 atom stereocenters. The van der Waals surface area contributed by atoms with Gasteiger partial charge in [-0.15, -0.1) is 0 Å². The SMILES string of the molecule is CCn1nc(C)c(Br)c1CC(CN)c1ccc(F)cc1. The van der Waals surface area contributed by atoms with Crippen molar-refractivity contribution in [3.63, 3.8) is 0 Å². The van der Waals surface area contributed by atoms with Gasteiger partial charge >= 0.3 is 0 Å². The van der Waals surface area contributed by atoms with Crippen LogP contribution >= 0.6 is 15.9 Å². The molecule has 1 heterocycles. The topological polar surface area (TPSA) is 43.8 Å². The maximum Gasteiger partial charge on any atom is 0.123 e. The lowest BCUT2D eigenvalue weighted by Crippen LogP contribution is -2.17. The third-order valence-corrected chi connectivity index (χ3v) is 4.55. The summed E-state index contributed by atoms with van der Waals surface area (Å²) in [4.78, 5) is 0. The Morgan fingerprint density at radius 3 is 2.55 bits per heavy atom. The van der Waals surface area contributed by atoms with Crippen molar-refractivity contribution in [2.45, 2.75) is 32.7 Å². The van der Waals surface area contributed by atoms with Crippen LogP contribution in [-0.2, 0) is 13.0 Å². The quantitative estimate of drug-likeness (QED) is 0.907. The lowest BCUT2D eigenvalue weighted by molar-refractivity contribution is 0.580.